The molecule has 0 amide bonds. The molecule has 8 heteroatoms. The minimum absolute atomic E-state index is 0.218. The van der Waals surface area contributed by atoms with Crippen LogP contribution < -0.4 is 11.2 Å². The first-order valence-corrected chi connectivity index (χ1v) is 14.5. The lowest BCUT2D eigenvalue weighted by Crippen LogP contribution is -2.38. The number of aliphatic hydroxyl groups is 1. The Morgan fingerprint density at radius 3 is 1.89 bits per heavy atom. The largest absolute Gasteiger partial charge is 0.394 e. The Hall–Kier alpha value is -1.48. The molecule has 206 valence electrons. The van der Waals surface area contributed by atoms with E-state index in [0.717, 1.165) is 38.5 Å². The molecule has 1 aromatic rings. The highest BCUT2D eigenvalue weighted by atomic mass is 16.8. The van der Waals surface area contributed by atoms with Gasteiger partial charge in [0.15, 0.2) is 12.0 Å². The van der Waals surface area contributed by atoms with Gasteiger partial charge in [0.05, 0.1) is 6.61 Å². The molecule has 3 heterocycles. The molecular weight excluding hydrogens is 460 g/mol. The maximum absolute atomic E-state index is 12.5. The maximum Gasteiger partial charge on any atom is 0.330 e. The molecule has 0 bridgehead atoms. The Morgan fingerprint density at radius 1 is 0.833 bits per heavy atom. The summed E-state index contributed by atoms with van der Waals surface area (Å²) in [5, 5.41) is 9.99. The van der Waals surface area contributed by atoms with E-state index in [1.54, 1.807) is 0 Å². The summed E-state index contributed by atoms with van der Waals surface area (Å²) >= 11 is 0. The average molecular weight is 509 g/mol. The van der Waals surface area contributed by atoms with Crippen LogP contribution in [0.15, 0.2) is 21.9 Å². The van der Waals surface area contributed by atoms with E-state index in [1.807, 2.05) is 0 Å². The van der Waals surface area contributed by atoms with Gasteiger partial charge >= 0.3 is 5.69 Å². The van der Waals surface area contributed by atoms with Crippen LogP contribution in [0.1, 0.15) is 123 Å². The summed E-state index contributed by atoms with van der Waals surface area (Å²) in [7, 11) is 0. The number of ether oxygens (including phenoxy) is 3. The monoisotopic (exact) mass is 508 g/mol. The molecule has 2 aliphatic heterocycles. The number of unbranched alkanes of at least 4 members (excludes halogenated alkanes) is 12. The van der Waals surface area contributed by atoms with Gasteiger partial charge in [-0.25, -0.2) is 4.79 Å². The van der Waals surface area contributed by atoms with Crippen molar-refractivity contribution in [2.75, 3.05) is 6.61 Å². The van der Waals surface area contributed by atoms with E-state index in [4.69, 9.17) is 14.2 Å². The summed E-state index contributed by atoms with van der Waals surface area (Å²) < 4.78 is 20.5. The zero-order chi connectivity index (χ0) is 25.8. The molecule has 2 aliphatic rings. The molecule has 2 fully saturated rings. The van der Waals surface area contributed by atoms with Crippen molar-refractivity contribution in [3.05, 3.63) is 33.1 Å². The lowest BCUT2D eigenvalue weighted by molar-refractivity contribution is -0.228. The van der Waals surface area contributed by atoms with Crippen LogP contribution in [0.5, 0.6) is 0 Å². The number of nitrogens with one attached hydrogen (secondary N) is 1. The van der Waals surface area contributed by atoms with Gasteiger partial charge in [0.25, 0.3) is 5.56 Å². The van der Waals surface area contributed by atoms with Crippen molar-refractivity contribution in [2.45, 2.75) is 147 Å². The van der Waals surface area contributed by atoms with Crippen LogP contribution in [0.2, 0.25) is 0 Å². The molecule has 0 saturated carbocycles. The second kappa shape index (κ2) is 15.1. The number of rotatable bonds is 18. The Bertz CT molecular complexity index is 850. The van der Waals surface area contributed by atoms with Gasteiger partial charge < -0.3 is 19.3 Å². The second-order valence-electron chi connectivity index (χ2n) is 10.6. The van der Waals surface area contributed by atoms with Crippen LogP contribution in [0.4, 0.5) is 0 Å². The van der Waals surface area contributed by atoms with Crippen LogP contribution in [0, 0.1) is 0 Å². The van der Waals surface area contributed by atoms with Gasteiger partial charge in [-0.2, -0.15) is 0 Å². The predicted molar refractivity (Wildman–Crippen MR) is 140 cm³/mol. The SMILES string of the molecule is CCCCCCCCCC1(CCCCCCCCC)O[C@H]2[C@H](O1)[C@@H](CO)O[C@H]2n1ccc(=O)[nH]c1=O. The number of aromatic nitrogens is 2. The number of hydrogen-bond donors (Lipinski definition) is 2. The highest BCUT2D eigenvalue weighted by molar-refractivity contribution is 5.00. The topological polar surface area (TPSA) is 103 Å². The van der Waals surface area contributed by atoms with E-state index in [0.29, 0.717) is 0 Å². The van der Waals surface area contributed by atoms with E-state index < -0.39 is 41.6 Å². The van der Waals surface area contributed by atoms with Crippen LogP contribution in [0.25, 0.3) is 0 Å². The standard InChI is InChI=1S/C28H48N2O6/c1-3-5-7-9-11-13-15-18-28(19-16-14-12-10-8-6-4-2)35-24-22(21-31)34-26(25(24)36-28)30-20-17-23(32)29-27(30)33/h17,20,22,24-26,31H,3-16,18-19,21H2,1-2H3,(H,29,32,33)/t22-,24-,25+,26-/m1/s1. The Balaban J connectivity index is 1.65. The molecule has 0 aromatic carbocycles. The van der Waals surface area contributed by atoms with Crippen molar-refractivity contribution in [2.24, 2.45) is 0 Å². The van der Waals surface area contributed by atoms with Crippen molar-refractivity contribution in [3.63, 3.8) is 0 Å². The maximum atomic E-state index is 12.5. The number of aromatic amines is 1. The molecule has 0 spiro atoms. The Labute approximate surface area is 215 Å². The minimum atomic E-state index is -0.749. The number of nitrogens with zero attached hydrogens (tertiary/aromatic N) is 1. The van der Waals surface area contributed by atoms with E-state index in [2.05, 4.69) is 18.8 Å². The minimum Gasteiger partial charge on any atom is -0.394 e. The highest BCUT2D eigenvalue weighted by Crippen LogP contribution is 2.46. The van der Waals surface area contributed by atoms with Gasteiger partial charge in [-0.15, -0.1) is 0 Å². The van der Waals surface area contributed by atoms with Crippen molar-refractivity contribution in [1.29, 1.82) is 0 Å². The van der Waals surface area contributed by atoms with E-state index in [9.17, 15) is 14.7 Å². The number of aliphatic hydroxyl groups excluding tert-OH is 1. The number of H-pyrrole nitrogens is 1. The fraction of sp³-hybridized carbons (Fsp3) is 0.857. The highest BCUT2D eigenvalue weighted by Gasteiger charge is 2.58. The number of hydrogen-bond acceptors (Lipinski definition) is 6. The molecule has 0 radical (unpaired) electrons. The lowest BCUT2D eigenvalue weighted by atomic mass is 9.98. The summed E-state index contributed by atoms with van der Waals surface area (Å²) in [6.45, 7) is 4.25. The molecule has 8 nitrogen and oxygen atoms in total. The lowest BCUT2D eigenvalue weighted by Gasteiger charge is -2.31. The Kier molecular flexibility index (Phi) is 12.2. The van der Waals surface area contributed by atoms with Crippen molar-refractivity contribution < 1.29 is 19.3 Å². The van der Waals surface area contributed by atoms with Crippen LogP contribution in [-0.2, 0) is 14.2 Å². The number of fused-ring (bicyclic) bond motifs is 1. The normalized spacial score (nSPS) is 24.9. The molecule has 2 N–H and O–H groups in total. The molecular formula is C28H48N2O6. The molecule has 0 aliphatic carbocycles. The van der Waals surface area contributed by atoms with E-state index in [1.165, 1.54) is 81.0 Å². The third-order valence-corrected chi connectivity index (χ3v) is 7.61. The van der Waals surface area contributed by atoms with E-state index in [-0.39, 0.29) is 6.61 Å². The third kappa shape index (κ3) is 8.01. The summed E-state index contributed by atoms with van der Waals surface area (Å²) in [6, 6.07) is 1.30. The predicted octanol–water partition coefficient (Wildman–Crippen LogP) is 5.19. The molecule has 4 atom stereocenters. The van der Waals surface area contributed by atoms with Gasteiger partial charge in [-0.3, -0.25) is 14.3 Å². The van der Waals surface area contributed by atoms with Gasteiger partial charge in [-0.1, -0.05) is 90.9 Å². The third-order valence-electron chi connectivity index (χ3n) is 7.61. The van der Waals surface area contributed by atoms with Crippen LogP contribution in [-0.4, -0.2) is 45.4 Å². The fourth-order valence-corrected chi connectivity index (χ4v) is 5.56. The average Bonchev–Trinajstić information content (AvgIpc) is 3.39. The first-order valence-electron chi connectivity index (χ1n) is 14.5. The van der Waals surface area contributed by atoms with E-state index >= 15 is 0 Å². The second-order valence-corrected chi connectivity index (χ2v) is 10.6. The fourth-order valence-electron chi connectivity index (χ4n) is 5.56. The molecule has 1 aromatic heterocycles. The summed E-state index contributed by atoms with van der Waals surface area (Å²) in [6.07, 6.45) is 17.7. The summed E-state index contributed by atoms with van der Waals surface area (Å²) in [4.78, 5) is 26.3. The zero-order valence-corrected chi connectivity index (χ0v) is 22.4. The van der Waals surface area contributed by atoms with Crippen LogP contribution in [0.3, 0.4) is 0 Å². The first kappa shape index (κ1) is 29.1. The van der Waals surface area contributed by atoms with Crippen molar-refractivity contribution in [1.82, 2.24) is 9.55 Å². The van der Waals surface area contributed by atoms with Crippen LogP contribution >= 0.6 is 0 Å². The first-order chi connectivity index (χ1) is 17.5. The van der Waals surface area contributed by atoms with Gasteiger partial charge in [0.1, 0.15) is 18.3 Å². The molecule has 0 unspecified atom stereocenters. The molecule has 2 saturated heterocycles. The summed E-state index contributed by atoms with van der Waals surface area (Å²) in [5.41, 5.74) is -1.01. The van der Waals surface area contributed by atoms with Crippen molar-refractivity contribution >= 4 is 0 Å². The smallest absolute Gasteiger partial charge is 0.330 e. The van der Waals surface area contributed by atoms with Gasteiger partial charge in [0, 0.05) is 25.1 Å². The van der Waals surface area contributed by atoms with Gasteiger partial charge in [-0.05, 0) is 12.8 Å². The zero-order valence-electron chi connectivity index (χ0n) is 22.4. The summed E-state index contributed by atoms with van der Waals surface area (Å²) in [5.74, 6) is -0.719. The Morgan fingerprint density at radius 2 is 1.36 bits per heavy atom. The molecule has 36 heavy (non-hydrogen) atoms. The van der Waals surface area contributed by atoms with Gasteiger partial charge in [0.2, 0.25) is 0 Å². The van der Waals surface area contributed by atoms with Crippen molar-refractivity contribution in [3.8, 4) is 0 Å². The molecule has 3 rings (SSSR count). The quantitative estimate of drug-likeness (QED) is 0.265.